The maximum atomic E-state index is 12.3. The van der Waals surface area contributed by atoms with Gasteiger partial charge in [-0.25, -0.2) is 0 Å². The summed E-state index contributed by atoms with van der Waals surface area (Å²) in [6.45, 7) is 2.79. The van der Waals surface area contributed by atoms with Gasteiger partial charge in [0.15, 0.2) is 0 Å². The first-order chi connectivity index (χ1) is 11.6. The van der Waals surface area contributed by atoms with Gasteiger partial charge in [-0.2, -0.15) is 0 Å². The summed E-state index contributed by atoms with van der Waals surface area (Å²) in [6, 6.07) is 10.5. The van der Waals surface area contributed by atoms with Crippen molar-refractivity contribution in [3.63, 3.8) is 0 Å². The third-order valence-corrected chi connectivity index (χ3v) is 5.44. The lowest BCUT2D eigenvalue weighted by atomic mass is 9.95. The van der Waals surface area contributed by atoms with Crippen LogP contribution < -0.4 is 10.6 Å². The van der Waals surface area contributed by atoms with Gasteiger partial charge in [0.25, 0.3) is 0 Å². The molecule has 2 N–H and O–H groups in total. The van der Waals surface area contributed by atoms with E-state index in [4.69, 9.17) is 0 Å². The predicted octanol–water partition coefficient (Wildman–Crippen LogP) is 1.29. The molecule has 5 heteroatoms. The smallest absolute Gasteiger partial charge is 0.234 e. The van der Waals surface area contributed by atoms with Crippen LogP contribution in [0.2, 0.25) is 0 Å². The molecule has 1 heterocycles. The van der Waals surface area contributed by atoms with Gasteiger partial charge >= 0.3 is 0 Å². The largest absolute Gasteiger partial charge is 0.359 e. The minimum atomic E-state index is 0.0931. The van der Waals surface area contributed by atoms with Gasteiger partial charge < -0.3 is 10.6 Å². The van der Waals surface area contributed by atoms with Crippen LogP contribution in [-0.4, -0.2) is 49.9 Å². The second-order valence-corrected chi connectivity index (χ2v) is 7.09. The molecule has 1 aromatic rings. The molecule has 2 aliphatic rings. The van der Waals surface area contributed by atoms with Crippen molar-refractivity contribution in [1.29, 1.82) is 0 Å². The highest BCUT2D eigenvalue weighted by Gasteiger charge is 2.44. The van der Waals surface area contributed by atoms with Crippen LogP contribution in [-0.2, 0) is 15.0 Å². The number of carbonyl (C=O) groups excluding carboxylic acids is 2. The van der Waals surface area contributed by atoms with Crippen LogP contribution in [0.15, 0.2) is 30.3 Å². The molecule has 1 aliphatic carbocycles. The average Bonchev–Trinajstić information content (AvgIpc) is 3.42. The Labute approximate surface area is 143 Å². The third-order valence-electron chi connectivity index (χ3n) is 5.44. The quantitative estimate of drug-likeness (QED) is 0.827. The number of hydrogen-bond donors (Lipinski definition) is 2. The van der Waals surface area contributed by atoms with Gasteiger partial charge in [0.2, 0.25) is 11.8 Å². The minimum absolute atomic E-state index is 0.0931. The highest BCUT2D eigenvalue weighted by atomic mass is 16.2. The molecule has 0 atom stereocenters. The average molecular weight is 329 g/mol. The van der Waals surface area contributed by atoms with Crippen LogP contribution in [0.1, 0.15) is 31.2 Å². The van der Waals surface area contributed by atoms with E-state index in [1.165, 1.54) is 5.56 Å². The Morgan fingerprint density at radius 2 is 1.83 bits per heavy atom. The molecule has 2 fully saturated rings. The summed E-state index contributed by atoms with van der Waals surface area (Å²) in [6.07, 6.45) is 3.96. The van der Waals surface area contributed by atoms with E-state index < -0.39 is 0 Å². The molecule has 24 heavy (non-hydrogen) atoms. The first-order valence-electron chi connectivity index (χ1n) is 8.89. The molecule has 0 unspecified atom stereocenters. The summed E-state index contributed by atoms with van der Waals surface area (Å²) in [7, 11) is 1.68. The Bertz CT molecular complexity index is 576. The van der Waals surface area contributed by atoms with Crippen molar-refractivity contribution in [1.82, 2.24) is 15.5 Å². The highest BCUT2D eigenvalue weighted by Crippen LogP contribution is 2.47. The van der Waals surface area contributed by atoms with Crippen molar-refractivity contribution in [2.45, 2.75) is 31.1 Å². The van der Waals surface area contributed by atoms with E-state index in [1.54, 1.807) is 7.05 Å². The molecule has 5 nitrogen and oxygen atoms in total. The molecule has 0 spiro atoms. The molecule has 1 saturated heterocycles. The van der Waals surface area contributed by atoms with Gasteiger partial charge in [-0.05, 0) is 44.3 Å². The molecule has 0 aromatic heterocycles. The van der Waals surface area contributed by atoms with Crippen molar-refractivity contribution in [3.05, 3.63) is 35.9 Å². The predicted molar refractivity (Wildman–Crippen MR) is 93.6 cm³/mol. The molecule has 1 aromatic carbocycles. The normalized spacial score (nSPS) is 20.4. The van der Waals surface area contributed by atoms with E-state index in [9.17, 15) is 9.59 Å². The molecule has 3 rings (SSSR count). The van der Waals surface area contributed by atoms with E-state index in [2.05, 4.69) is 39.8 Å². The van der Waals surface area contributed by atoms with E-state index in [-0.39, 0.29) is 23.1 Å². The van der Waals surface area contributed by atoms with E-state index >= 15 is 0 Å². The second kappa shape index (κ2) is 7.34. The Hall–Kier alpha value is -1.88. The first-order valence-corrected chi connectivity index (χ1v) is 8.89. The van der Waals surface area contributed by atoms with Crippen LogP contribution in [0.5, 0.6) is 0 Å². The van der Waals surface area contributed by atoms with Crippen molar-refractivity contribution in [2.75, 3.05) is 33.2 Å². The third kappa shape index (κ3) is 3.96. The zero-order valence-electron chi connectivity index (χ0n) is 14.4. The Morgan fingerprint density at radius 3 is 2.42 bits per heavy atom. The number of likely N-dealkylation sites (tertiary alicyclic amines) is 1. The van der Waals surface area contributed by atoms with Crippen LogP contribution in [0.4, 0.5) is 0 Å². The lowest BCUT2D eigenvalue weighted by Gasteiger charge is -2.30. The summed E-state index contributed by atoms with van der Waals surface area (Å²) in [5, 5.41) is 5.83. The Morgan fingerprint density at radius 1 is 1.17 bits per heavy atom. The lowest BCUT2D eigenvalue weighted by molar-refractivity contribution is -0.126. The Kier molecular flexibility index (Phi) is 5.19. The van der Waals surface area contributed by atoms with Gasteiger partial charge in [0, 0.05) is 24.9 Å². The molecule has 0 radical (unpaired) electrons. The van der Waals surface area contributed by atoms with Crippen LogP contribution >= 0.6 is 0 Å². The fourth-order valence-electron chi connectivity index (χ4n) is 3.59. The number of piperidine rings is 1. The van der Waals surface area contributed by atoms with Gasteiger partial charge in [-0.3, -0.25) is 14.5 Å². The number of rotatable bonds is 6. The molecule has 130 valence electrons. The van der Waals surface area contributed by atoms with E-state index in [1.807, 2.05) is 6.07 Å². The van der Waals surface area contributed by atoms with Crippen molar-refractivity contribution in [3.8, 4) is 0 Å². The van der Waals surface area contributed by atoms with Gasteiger partial charge in [0.05, 0.1) is 6.54 Å². The molecular weight excluding hydrogens is 302 g/mol. The minimum Gasteiger partial charge on any atom is -0.359 e. The SMILES string of the molecule is CNC(=O)C1CCN(CC(=O)NCC2(c3ccccc3)CC2)CC1. The fraction of sp³-hybridized carbons (Fsp3) is 0.579. The van der Waals surface area contributed by atoms with Crippen LogP contribution in [0.3, 0.4) is 0 Å². The monoisotopic (exact) mass is 329 g/mol. The standard InChI is InChI=1S/C19H27N3O2/c1-20-18(24)15-7-11-22(12-8-15)13-17(23)21-14-19(9-10-19)16-5-3-2-4-6-16/h2-6,15H,7-14H2,1H3,(H,20,24)(H,21,23). The summed E-state index contributed by atoms with van der Waals surface area (Å²) >= 11 is 0. The number of carbonyl (C=O) groups is 2. The number of nitrogens with one attached hydrogen (secondary N) is 2. The summed E-state index contributed by atoms with van der Waals surface area (Å²) < 4.78 is 0. The van der Waals surface area contributed by atoms with Crippen molar-refractivity contribution in [2.24, 2.45) is 5.92 Å². The number of amides is 2. The molecular formula is C19H27N3O2. The van der Waals surface area contributed by atoms with Gasteiger partial charge in [-0.1, -0.05) is 30.3 Å². The van der Waals surface area contributed by atoms with E-state index in [0.717, 1.165) is 45.3 Å². The highest BCUT2D eigenvalue weighted by molar-refractivity contribution is 5.79. The molecule has 1 aliphatic heterocycles. The van der Waals surface area contributed by atoms with Gasteiger partial charge in [0.1, 0.15) is 0 Å². The molecule has 0 bridgehead atoms. The Balaban J connectivity index is 1.42. The summed E-state index contributed by atoms with van der Waals surface area (Å²) in [5.41, 5.74) is 1.49. The number of benzene rings is 1. The summed E-state index contributed by atoms with van der Waals surface area (Å²) in [4.78, 5) is 26.0. The van der Waals surface area contributed by atoms with Crippen LogP contribution in [0, 0.1) is 5.92 Å². The number of nitrogens with zero attached hydrogens (tertiary/aromatic N) is 1. The van der Waals surface area contributed by atoms with E-state index in [0.29, 0.717) is 6.54 Å². The zero-order valence-corrected chi connectivity index (χ0v) is 14.4. The van der Waals surface area contributed by atoms with Crippen LogP contribution in [0.25, 0.3) is 0 Å². The molecule has 1 saturated carbocycles. The second-order valence-electron chi connectivity index (χ2n) is 7.09. The maximum absolute atomic E-state index is 12.3. The zero-order chi connectivity index (χ0) is 17.0. The lowest BCUT2D eigenvalue weighted by Crippen LogP contribution is -2.45. The topological polar surface area (TPSA) is 61.4 Å². The molecule has 2 amide bonds. The first kappa shape index (κ1) is 17.0. The van der Waals surface area contributed by atoms with Gasteiger partial charge in [-0.15, -0.1) is 0 Å². The maximum Gasteiger partial charge on any atom is 0.234 e. The number of hydrogen-bond acceptors (Lipinski definition) is 3. The van der Waals surface area contributed by atoms with Crippen molar-refractivity contribution >= 4 is 11.8 Å². The summed E-state index contributed by atoms with van der Waals surface area (Å²) in [5.74, 6) is 0.315. The fourth-order valence-corrected chi connectivity index (χ4v) is 3.59. The van der Waals surface area contributed by atoms with Crippen molar-refractivity contribution < 1.29 is 9.59 Å².